The Morgan fingerprint density at radius 1 is 1.25 bits per heavy atom. The molecule has 1 aliphatic rings. The molecule has 1 saturated heterocycles. The lowest BCUT2D eigenvalue weighted by Crippen LogP contribution is -2.45. The molecular weight excluding hydrogens is 469 g/mol. The number of carbonyl (C=O) groups excluding carboxylic acids is 1. The first-order chi connectivity index (χ1) is 13.2. The number of likely N-dealkylation sites (tertiary alicyclic amines) is 1. The second-order valence-electron chi connectivity index (χ2n) is 6.67. The van der Waals surface area contributed by atoms with E-state index < -0.39 is 0 Å². The summed E-state index contributed by atoms with van der Waals surface area (Å²) in [5.41, 5.74) is 1.35. The summed E-state index contributed by atoms with van der Waals surface area (Å²) in [7, 11) is 1.61. The van der Waals surface area contributed by atoms with E-state index in [-0.39, 0.29) is 36.4 Å². The maximum absolute atomic E-state index is 11.8. The fraction of sp³-hybridized carbons (Fsp3) is 0.600. The molecule has 8 heteroatoms. The van der Waals surface area contributed by atoms with Crippen LogP contribution in [0.3, 0.4) is 0 Å². The molecule has 0 saturated carbocycles. The molecule has 7 nitrogen and oxygen atoms in total. The molecule has 0 radical (unpaired) electrons. The Labute approximate surface area is 185 Å². The van der Waals surface area contributed by atoms with E-state index in [4.69, 9.17) is 4.74 Å². The van der Waals surface area contributed by atoms with Gasteiger partial charge in [0, 0.05) is 39.3 Å². The van der Waals surface area contributed by atoms with E-state index in [2.05, 4.69) is 56.2 Å². The molecule has 1 unspecified atom stereocenters. The van der Waals surface area contributed by atoms with Crippen molar-refractivity contribution in [3.8, 4) is 0 Å². The van der Waals surface area contributed by atoms with Crippen LogP contribution in [0.25, 0.3) is 0 Å². The van der Waals surface area contributed by atoms with E-state index in [1.807, 2.05) is 6.92 Å². The molecule has 0 aliphatic carbocycles. The van der Waals surface area contributed by atoms with E-state index >= 15 is 0 Å². The normalized spacial score (nSPS) is 17.1. The Kier molecular flexibility index (Phi) is 12.8. The van der Waals surface area contributed by atoms with Crippen molar-refractivity contribution >= 4 is 35.8 Å². The minimum Gasteiger partial charge on any atom is -0.383 e. The molecule has 3 N–H and O–H groups in total. The molecule has 28 heavy (non-hydrogen) atoms. The van der Waals surface area contributed by atoms with Crippen LogP contribution in [0.15, 0.2) is 35.3 Å². The van der Waals surface area contributed by atoms with Gasteiger partial charge in [0.1, 0.15) is 6.54 Å². The van der Waals surface area contributed by atoms with Gasteiger partial charge in [0.25, 0.3) is 0 Å². The lowest BCUT2D eigenvalue weighted by Gasteiger charge is -2.25. The summed E-state index contributed by atoms with van der Waals surface area (Å²) >= 11 is 0. The quantitative estimate of drug-likeness (QED) is 0.196. The van der Waals surface area contributed by atoms with E-state index in [1.54, 1.807) is 7.11 Å². The maximum atomic E-state index is 11.8. The molecule has 1 atom stereocenters. The molecular formula is C20H34IN5O2. The predicted octanol–water partition coefficient (Wildman–Crippen LogP) is 1.59. The topological polar surface area (TPSA) is 78.0 Å². The molecule has 1 aromatic carbocycles. The zero-order valence-electron chi connectivity index (χ0n) is 16.9. The second-order valence-corrected chi connectivity index (χ2v) is 6.67. The molecule has 0 spiro atoms. The third-order valence-electron chi connectivity index (χ3n) is 4.59. The summed E-state index contributed by atoms with van der Waals surface area (Å²) in [5.74, 6) is 0.585. The van der Waals surface area contributed by atoms with Crippen LogP contribution in [-0.4, -0.2) is 69.2 Å². The largest absolute Gasteiger partial charge is 0.383 e. The number of carbonyl (C=O) groups is 1. The summed E-state index contributed by atoms with van der Waals surface area (Å²) < 4.78 is 4.92. The highest BCUT2D eigenvalue weighted by atomic mass is 127. The number of benzene rings is 1. The fourth-order valence-electron chi connectivity index (χ4n) is 3.21. The standard InChI is InChI=1S/C20H33N5O2.HI/c1-3-21-20(24-15-19(26)22-11-13-27-2)23-14-18-10-7-12-25(18)16-17-8-5-4-6-9-17;/h4-6,8-9,18H,3,7,10-16H2,1-2H3,(H,22,26)(H2,21,23,24);1H. The van der Waals surface area contributed by atoms with Crippen LogP contribution in [0.1, 0.15) is 25.3 Å². The Balaban J connectivity index is 0.00000392. The van der Waals surface area contributed by atoms with Gasteiger partial charge >= 0.3 is 0 Å². The maximum Gasteiger partial charge on any atom is 0.241 e. The van der Waals surface area contributed by atoms with Gasteiger partial charge in [0.05, 0.1) is 6.61 Å². The number of guanidine groups is 1. The number of hydrogen-bond donors (Lipinski definition) is 3. The second kappa shape index (κ2) is 14.6. The van der Waals surface area contributed by atoms with Gasteiger partial charge in [-0.05, 0) is 31.9 Å². The van der Waals surface area contributed by atoms with Gasteiger partial charge in [-0.25, -0.2) is 4.99 Å². The Bertz CT molecular complexity index is 585. The Morgan fingerprint density at radius 3 is 2.75 bits per heavy atom. The van der Waals surface area contributed by atoms with Crippen LogP contribution in [-0.2, 0) is 16.1 Å². The van der Waals surface area contributed by atoms with Crippen molar-refractivity contribution in [1.82, 2.24) is 20.9 Å². The monoisotopic (exact) mass is 503 g/mol. The van der Waals surface area contributed by atoms with Gasteiger partial charge in [-0.2, -0.15) is 0 Å². The summed E-state index contributed by atoms with van der Waals surface area (Å²) in [5, 5.41) is 9.38. The average molecular weight is 503 g/mol. The third-order valence-corrected chi connectivity index (χ3v) is 4.59. The fourth-order valence-corrected chi connectivity index (χ4v) is 3.21. The molecule has 158 valence electrons. The van der Waals surface area contributed by atoms with Crippen molar-refractivity contribution in [2.24, 2.45) is 4.99 Å². The van der Waals surface area contributed by atoms with Crippen molar-refractivity contribution in [2.45, 2.75) is 32.4 Å². The van der Waals surface area contributed by atoms with Gasteiger partial charge < -0.3 is 20.7 Å². The van der Waals surface area contributed by atoms with Crippen molar-refractivity contribution < 1.29 is 9.53 Å². The first-order valence-corrected chi connectivity index (χ1v) is 9.78. The SMILES string of the molecule is CCNC(=NCC(=O)NCCOC)NCC1CCCN1Cc1ccccc1.I. The van der Waals surface area contributed by atoms with Gasteiger partial charge in [-0.3, -0.25) is 9.69 Å². The lowest BCUT2D eigenvalue weighted by molar-refractivity contribution is -0.119. The van der Waals surface area contributed by atoms with Gasteiger partial charge in [0.15, 0.2) is 5.96 Å². The number of methoxy groups -OCH3 is 1. The minimum atomic E-state index is -0.101. The van der Waals surface area contributed by atoms with Gasteiger partial charge in [-0.1, -0.05) is 30.3 Å². The molecule has 1 heterocycles. The summed E-state index contributed by atoms with van der Waals surface area (Å²) in [6, 6.07) is 11.1. The predicted molar refractivity (Wildman–Crippen MR) is 124 cm³/mol. The number of amides is 1. The van der Waals surface area contributed by atoms with E-state index in [0.717, 1.165) is 26.2 Å². The number of nitrogens with zero attached hydrogens (tertiary/aromatic N) is 2. The van der Waals surface area contributed by atoms with Crippen LogP contribution in [0.4, 0.5) is 0 Å². The smallest absolute Gasteiger partial charge is 0.241 e. The zero-order chi connectivity index (χ0) is 19.3. The van der Waals surface area contributed by atoms with Crippen LogP contribution >= 0.6 is 24.0 Å². The summed E-state index contributed by atoms with van der Waals surface area (Å²) in [4.78, 5) is 18.7. The minimum absolute atomic E-state index is 0. The van der Waals surface area contributed by atoms with Gasteiger partial charge in [-0.15, -0.1) is 24.0 Å². The Hall–Kier alpha value is -1.39. The number of hydrogen-bond acceptors (Lipinski definition) is 4. The van der Waals surface area contributed by atoms with Crippen LogP contribution in [0, 0.1) is 0 Å². The molecule has 0 bridgehead atoms. The number of aliphatic imine (C=N–C) groups is 1. The van der Waals surface area contributed by atoms with E-state index in [0.29, 0.717) is 25.2 Å². The molecule has 1 amide bonds. The lowest BCUT2D eigenvalue weighted by atomic mass is 10.2. The van der Waals surface area contributed by atoms with Gasteiger partial charge in [0.2, 0.25) is 5.91 Å². The molecule has 2 rings (SSSR count). The number of nitrogens with one attached hydrogen (secondary N) is 3. The number of rotatable bonds is 10. The highest BCUT2D eigenvalue weighted by molar-refractivity contribution is 14.0. The number of halogens is 1. The summed E-state index contributed by atoms with van der Waals surface area (Å²) in [6.45, 7) is 6.82. The first kappa shape index (κ1) is 24.6. The number of ether oxygens (including phenoxy) is 1. The van der Waals surface area contributed by atoms with E-state index in [1.165, 1.54) is 18.4 Å². The molecule has 1 aliphatic heterocycles. The van der Waals surface area contributed by atoms with Crippen LogP contribution < -0.4 is 16.0 Å². The summed E-state index contributed by atoms with van der Waals surface area (Å²) in [6.07, 6.45) is 2.39. The van der Waals surface area contributed by atoms with Crippen molar-refractivity contribution in [2.75, 3.05) is 46.4 Å². The van der Waals surface area contributed by atoms with Crippen LogP contribution in [0.2, 0.25) is 0 Å². The first-order valence-electron chi connectivity index (χ1n) is 9.78. The average Bonchev–Trinajstić information content (AvgIpc) is 3.12. The molecule has 0 aromatic heterocycles. The Morgan fingerprint density at radius 2 is 2.04 bits per heavy atom. The van der Waals surface area contributed by atoms with Crippen LogP contribution in [0.5, 0.6) is 0 Å². The molecule has 1 aromatic rings. The zero-order valence-corrected chi connectivity index (χ0v) is 19.3. The van der Waals surface area contributed by atoms with E-state index in [9.17, 15) is 4.79 Å². The molecule has 1 fully saturated rings. The van der Waals surface area contributed by atoms with Crippen molar-refractivity contribution in [3.05, 3.63) is 35.9 Å². The highest BCUT2D eigenvalue weighted by Gasteiger charge is 2.24. The van der Waals surface area contributed by atoms with Crippen molar-refractivity contribution in [3.63, 3.8) is 0 Å². The highest BCUT2D eigenvalue weighted by Crippen LogP contribution is 2.19. The third kappa shape index (κ3) is 9.20. The van der Waals surface area contributed by atoms with Crippen molar-refractivity contribution in [1.29, 1.82) is 0 Å².